The summed E-state index contributed by atoms with van der Waals surface area (Å²) in [5.41, 5.74) is 2.08. The molecule has 4 aromatic carbocycles. The minimum atomic E-state index is -0.853. The van der Waals surface area contributed by atoms with Gasteiger partial charge in [-0.3, -0.25) is 0 Å². The molecule has 0 heterocycles. The van der Waals surface area contributed by atoms with Crippen molar-refractivity contribution in [2.45, 2.75) is 23.7 Å². The Morgan fingerprint density at radius 3 is 0.812 bits per heavy atom. The highest BCUT2D eigenvalue weighted by molar-refractivity contribution is 5.49. The third kappa shape index (κ3) is 3.80. The zero-order chi connectivity index (χ0) is 22.3. The summed E-state index contributed by atoms with van der Waals surface area (Å²) in [5, 5.41) is 21.1. The minimum Gasteiger partial charge on any atom is -0.197 e. The molecule has 0 spiro atoms. The number of hydrogen-bond acceptors (Lipinski definition) is 2. The average molecular weight is 413 g/mol. The average Bonchev–Trinajstić information content (AvgIpc) is 2.89. The Kier molecular flexibility index (Phi) is 6.16. The largest absolute Gasteiger partial charge is 0.197 e. The first-order valence-electron chi connectivity index (χ1n) is 10.8. The van der Waals surface area contributed by atoms with Crippen molar-refractivity contribution in [1.82, 2.24) is 0 Å². The molecule has 0 amide bonds. The summed E-state index contributed by atoms with van der Waals surface area (Å²) in [6, 6.07) is 44.9. The molecule has 0 N–H and O–H groups in total. The van der Waals surface area contributed by atoms with Gasteiger partial charge in [0, 0.05) is 0 Å². The van der Waals surface area contributed by atoms with Gasteiger partial charge in [-0.05, 0) is 35.1 Å². The van der Waals surface area contributed by atoms with Crippen LogP contribution in [0.15, 0.2) is 121 Å². The fraction of sp³-hybridized carbons (Fsp3) is 0.133. The fourth-order valence-corrected chi connectivity index (χ4v) is 4.55. The van der Waals surface area contributed by atoms with Crippen molar-refractivity contribution in [2.24, 2.45) is 0 Å². The number of hydrogen-bond donors (Lipinski definition) is 0. The second-order valence-electron chi connectivity index (χ2n) is 8.00. The smallest absolute Gasteiger partial charge is 0.107 e. The maximum atomic E-state index is 10.6. The van der Waals surface area contributed by atoms with Gasteiger partial charge in [0.05, 0.1) is 12.1 Å². The van der Waals surface area contributed by atoms with Crippen LogP contribution in [0.25, 0.3) is 0 Å². The van der Waals surface area contributed by atoms with Crippen LogP contribution in [0.1, 0.15) is 35.1 Å². The van der Waals surface area contributed by atoms with E-state index in [9.17, 15) is 10.5 Å². The van der Waals surface area contributed by atoms with Crippen molar-refractivity contribution in [1.29, 1.82) is 10.5 Å². The number of nitriles is 2. The summed E-state index contributed by atoms with van der Waals surface area (Å²) in [6.45, 7) is 0. The molecule has 0 saturated heterocycles. The van der Waals surface area contributed by atoms with E-state index in [-0.39, 0.29) is 0 Å². The first kappa shape index (κ1) is 21.1. The Bertz CT molecular complexity index is 1040. The van der Waals surface area contributed by atoms with Crippen LogP contribution in [0.4, 0.5) is 0 Å². The van der Waals surface area contributed by atoms with Gasteiger partial charge in [0.15, 0.2) is 0 Å². The van der Waals surface area contributed by atoms with Crippen LogP contribution in [-0.4, -0.2) is 0 Å². The summed E-state index contributed by atoms with van der Waals surface area (Å²) in [5.74, 6) is 0. The predicted molar refractivity (Wildman–Crippen MR) is 128 cm³/mol. The molecule has 2 nitrogen and oxygen atoms in total. The highest BCUT2D eigenvalue weighted by Gasteiger charge is 2.41. The molecule has 0 aliphatic rings. The summed E-state index contributed by atoms with van der Waals surface area (Å²) in [6.07, 6.45) is 1.02. The highest BCUT2D eigenvalue weighted by Crippen LogP contribution is 2.43. The van der Waals surface area contributed by atoms with E-state index in [0.717, 1.165) is 22.3 Å². The molecular weight excluding hydrogens is 388 g/mol. The number of rotatable bonds is 7. The van der Waals surface area contributed by atoms with Gasteiger partial charge in [0.25, 0.3) is 0 Å². The van der Waals surface area contributed by atoms with E-state index in [1.54, 1.807) is 0 Å². The molecule has 0 aliphatic heterocycles. The van der Waals surface area contributed by atoms with Crippen molar-refractivity contribution in [3.05, 3.63) is 144 Å². The maximum absolute atomic E-state index is 10.6. The van der Waals surface area contributed by atoms with Gasteiger partial charge in [0.1, 0.15) is 10.8 Å². The predicted octanol–water partition coefficient (Wildman–Crippen LogP) is 6.79. The monoisotopic (exact) mass is 412 g/mol. The number of benzene rings is 4. The molecule has 0 radical (unpaired) electrons. The molecule has 32 heavy (non-hydrogen) atoms. The van der Waals surface area contributed by atoms with E-state index in [2.05, 4.69) is 12.1 Å². The molecule has 0 unspecified atom stereocenters. The van der Waals surface area contributed by atoms with Crippen molar-refractivity contribution < 1.29 is 0 Å². The van der Waals surface area contributed by atoms with Gasteiger partial charge in [0.2, 0.25) is 0 Å². The van der Waals surface area contributed by atoms with Crippen LogP contribution in [0.2, 0.25) is 0 Å². The lowest BCUT2D eigenvalue weighted by Crippen LogP contribution is -2.32. The quantitative estimate of drug-likeness (QED) is 0.336. The van der Waals surface area contributed by atoms with E-state index in [4.69, 9.17) is 0 Å². The standard InChI is InChI=1S/C30H24N2/c31-23-29(25-13-5-1-6-14-25,26-15-7-2-8-16-26)21-22-30(24-32,27-17-9-3-10-18-27)28-19-11-4-12-20-28/h1-20H,21-22H2. The van der Waals surface area contributed by atoms with Crippen molar-refractivity contribution in [2.75, 3.05) is 0 Å². The Hall–Kier alpha value is -4.14. The third-order valence-electron chi connectivity index (χ3n) is 6.32. The highest BCUT2D eigenvalue weighted by atomic mass is 14.5. The Morgan fingerprint density at radius 1 is 0.406 bits per heavy atom. The van der Waals surface area contributed by atoms with Crippen LogP contribution < -0.4 is 0 Å². The lowest BCUT2D eigenvalue weighted by molar-refractivity contribution is 0.483. The number of nitrogens with zero attached hydrogens (tertiary/aromatic N) is 2. The SMILES string of the molecule is N#CC(CCC(C#N)(c1ccccc1)c1ccccc1)(c1ccccc1)c1ccccc1. The Labute approximate surface area is 190 Å². The van der Waals surface area contributed by atoms with Crippen LogP contribution in [0, 0.1) is 22.7 Å². The molecule has 154 valence electrons. The van der Waals surface area contributed by atoms with Crippen molar-refractivity contribution in [3.63, 3.8) is 0 Å². The van der Waals surface area contributed by atoms with Crippen LogP contribution in [0.5, 0.6) is 0 Å². The molecule has 0 aromatic heterocycles. The van der Waals surface area contributed by atoms with Gasteiger partial charge in [-0.2, -0.15) is 10.5 Å². The van der Waals surface area contributed by atoms with Gasteiger partial charge in [-0.1, -0.05) is 121 Å². The van der Waals surface area contributed by atoms with Gasteiger partial charge >= 0.3 is 0 Å². The molecule has 4 rings (SSSR count). The van der Waals surface area contributed by atoms with Crippen LogP contribution in [-0.2, 0) is 10.8 Å². The Balaban J connectivity index is 1.85. The maximum Gasteiger partial charge on any atom is 0.107 e. The van der Waals surface area contributed by atoms with Gasteiger partial charge in [-0.25, -0.2) is 0 Å². The zero-order valence-electron chi connectivity index (χ0n) is 17.9. The lowest BCUT2D eigenvalue weighted by atomic mass is 9.65. The summed E-state index contributed by atoms with van der Waals surface area (Å²) in [7, 11) is 0. The second-order valence-corrected chi connectivity index (χ2v) is 8.00. The first-order valence-corrected chi connectivity index (χ1v) is 10.8. The summed E-state index contributed by atoms with van der Waals surface area (Å²) < 4.78 is 0. The molecule has 2 heteroatoms. The Morgan fingerprint density at radius 2 is 0.625 bits per heavy atom. The zero-order valence-corrected chi connectivity index (χ0v) is 17.9. The van der Waals surface area contributed by atoms with Crippen LogP contribution in [0.3, 0.4) is 0 Å². The van der Waals surface area contributed by atoms with E-state index in [1.165, 1.54) is 0 Å². The topological polar surface area (TPSA) is 47.6 Å². The third-order valence-corrected chi connectivity index (χ3v) is 6.32. The molecule has 4 aromatic rings. The van der Waals surface area contributed by atoms with Gasteiger partial charge in [-0.15, -0.1) is 0 Å². The van der Waals surface area contributed by atoms with Crippen molar-refractivity contribution in [3.8, 4) is 12.1 Å². The normalized spacial score (nSPS) is 11.3. The van der Waals surface area contributed by atoms with Crippen LogP contribution >= 0.6 is 0 Å². The van der Waals surface area contributed by atoms with E-state index >= 15 is 0 Å². The first-order chi connectivity index (χ1) is 15.7. The molecular formula is C30H24N2. The second kappa shape index (κ2) is 9.34. The molecule has 0 saturated carbocycles. The van der Waals surface area contributed by atoms with Crippen molar-refractivity contribution >= 4 is 0 Å². The summed E-state index contributed by atoms with van der Waals surface area (Å²) >= 11 is 0. The lowest BCUT2D eigenvalue weighted by Gasteiger charge is -2.34. The van der Waals surface area contributed by atoms with E-state index in [1.807, 2.05) is 121 Å². The molecule has 0 atom stereocenters. The molecule has 0 bridgehead atoms. The summed E-state index contributed by atoms with van der Waals surface area (Å²) in [4.78, 5) is 0. The van der Waals surface area contributed by atoms with Gasteiger partial charge < -0.3 is 0 Å². The molecule has 0 aliphatic carbocycles. The fourth-order valence-electron chi connectivity index (χ4n) is 4.55. The minimum absolute atomic E-state index is 0.509. The van der Waals surface area contributed by atoms with E-state index < -0.39 is 10.8 Å². The molecule has 0 fully saturated rings. The van der Waals surface area contributed by atoms with E-state index in [0.29, 0.717) is 12.8 Å².